The number of nitrogens with one attached hydrogen (secondary N) is 1. The third-order valence-electron chi connectivity index (χ3n) is 3.31. The van der Waals surface area contributed by atoms with Gasteiger partial charge in [-0.15, -0.1) is 0 Å². The number of aryl methyl sites for hydroxylation is 1. The van der Waals surface area contributed by atoms with Crippen molar-refractivity contribution in [3.05, 3.63) is 54.0 Å². The molecule has 122 valence electrons. The van der Waals surface area contributed by atoms with Crippen molar-refractivity contribution in [3.63, 3.8) is 0 Å². The zero-order valence-electron chi connectivity index (χ0n) is 13.3. The number of anilines is 1. The van der Waals surface area contributed by atoms with Gasteiger partial charge in [-0.25, -0.2) is 4.98 Å². The van der Waals surface area contributed by atoms with Gasteiger partial charge in [-0.2, -0.15) is 4.98 Å². The molecule has 0 unspecified atom stereocenters. The van der Waals surface area contributed by atoms with Crippen molar-refractivity contribution in [3.8, 4) is 17.1 Å². The van der Waals surface area contributed by atoms with Crippen LogP contribution in [0.2, 0.25) is 0 Å². The van der Waals surface area contributed by atoms with Gasteiger partial charge in [0.2, 0.25) is 17.6 Å². The number of rotatable bonds is 5. The van der Waals surface area contributed by atoms with E-state index in [-0.39, 0.29) is 18.2 Å². The van der Waals surface area contributed by atoms with Gasteiger partial charge in [0, 0.05) is 11.8 Å². The lowest BCUT2D eigenvalue weighted by Gasteiger charge is -2.02. The van der Waals surface area contributed by atoms with Gasteiger partial charge in [0.1, 0.15) is 18.0 Å². The van der Waals surface area contributed by atoms with Crippen molar-refractivity contribution in [2.45, 2.75) is 13.3 Å². The first-order valence-corrected chi connectivity index (χ1v) is 7.33. The van der Waals surface area contributed by atoms with Gasteiger partial charge in [-0.1, -0.05) is 11.2 Å². The Kier molecular flexibility index (Phi) is 4.51. The topological polar surface area (TPSA) is 90.1 Å². The van der Waals surface area contributed by atoms with E-state index in [0.717, 1.165) is 16.9 Å². The maximum absolute atomic E-state index is 12.0. The lowest BCUT2D eigenvalue weighted by atomic mass is 10.2. The predicted molar refractivity (Wildman–Crippen MR) is 87.6 cm³/mol. The molecule has 3 rings (SSSR count). The van der Waals surface area contributed by atoms with Gasteiger partial charge in [-0.05, 0) is 42.8 Å². The summed E-state index contributed by atoms with van der Waals surface area (Å²) in [5.41, 5.74) is 1.81. The largest absolute Gasteiger partial charge is 0.497 e. The summed E-state index contributed by atoms with van der Waals surface area (Å²) in [5, 5.41) is 6.58. The summed E-state index contributed by atoms with van der Waals surface area (Å²) < 4.78 is 10.2. The molecule has 0 atom stereocenters. The Labute approximate surface area is 138 Å². The lowest BCUT2D eigenvalue weighted by Crippen LogP contribution is -2.15. The molecule has 0 saturated carbocycles. The molecule has 7 heteroatoms. The van der Waals surface area contributed by atoms with Crippen LogP contribution in [-0.2, 0) is 11.2 Å². The number of methoxy groups -OCH3 is 1. The van der Waals surface area contributed by atoms with Crippen molar-refractivity contribution in [1.82, 2.24) is 15.1 Å². The maximum atomic E-state index is 12.0. The normalized spacial score (nSPS) is 10.4. The van der Waals surface area contributed by atoms with E-state index >= 15 is 0 Å². The molecule has 3 aromatic rings. The minimum absolute atomic E-state index is 0.0152. The van der Waals surface area contributed by atoms with Crippen molar-refractivity contribution in [2.24, 2.45) is 0 Å². The molecule has 0 bridgehead atoms. The Balaban J connectivity index is 1.64. The van der Waals surface area contributed by atoms with Crippen LogP contribution >= 0.6 is 0 Å². The number of benzene rings is 1. The van der Waals surface area contributed by atoms with Crippen LogP contribution < -0.4 is 10.1 Å². The summed E-state index contributed by atoms with van der Waals surface area (Å²) in [4.78, 5) is 20.4. The van der Waals surface area contributed by atoms with Gasteiger partial charge < -0.3 is 14.6 Å². The molecule has 1 aromatic carbocycles. The van der Waals surface area contributed by atoms with Gasteiger partial charge in [-0.3, -0.25) is 4.79 Å². The Morgan fingerprint density at radius 3 is 2.67 bits per heavy atom. The Morgan fingerprint density at radius 1 is 1.21 bits per heavy atom. The van der Waals surface area contributed by atoms with Crippen LogP contribution in [0.5, 0.6) is 5.75 Å². The van der Waals surface area contributed by atoms with Gasteiger partial charge >= 0.3 is 0 Å². The zero-order chi connectivity index (χ0) is 16.9. The van der Waals surface area contributed by atoms with E-state index < -0.39 is 0 Å². The van der Waals surface area contributed by atoms with Crippen molar-refractivity contribution < 1.29 is 14.1 Å². The Hall–Kier alpha value is -3.22. The number of ether oxygens (including phenoxy) is 1. The number of amides is 1. The summed E-state index contributed by atoms with van der Waals surface area (Å²) in [6.45, 7) is 1.93. The fourth-order valence-electron chi connectivity index (χ4n) is 2.05. The molecule has 24 heavy (non-hydrogen) atoms. The molecule has 0 saturated heterocycles. The second-order valence-electron chi connectivity index (χ2n) is 5.19. The number of pyridine rings is 1. The van der Waals surface area contributed by atoms with E-state index in [1.165, 1.54) is 0 Å². The molecule has 1 amide bonds. The Morgan fingerprint density at radius 2 is 2.00 bits per heavy atom. The van der Waals surface area contributed by atoms with E-state index in [2.05, 4.69) is 20.4 Å². The fourth-order valence-corrected chi connectivity index (χ4v) is 2.05. The molecular weight excluding hydrogens is 308 g/mol. The molecule has 2 heterocycles. The van der Waals surface area contributed by atoms with Crippen LogP contribution in [0.25, 0.3) is 11.4 Å². The third-order valence-corrected chi connectivity index (χ3v) is 3.31. The average Bonchev–Trinajstić information content (AvgIpc) is 3.05. The smallest absolute Gasteiger partial charge is 0.236 e. The van der Waals surface area contributed by atoms with Gasteiger partial charge in [0.05, 0.1) is 7.11 Å². The summed E-state index contributed by atoms with van der Waals surface area (Å²) in [5.74, 6) is 1.63. The highest BCUT2D eigenvalue weighted by Crippen LogP contribution is 2.19. The van der Waals surface area contributed by atoms with Crippen molar-refractivity contribution >= 4 is 11.7 Å². The third kappa shape index (κ3) is 3.75. The molecule has 0 radical (unpaired) electrons. The molecule has 0 fully saturated rings. The number of carbonyl (C=O) groups excluding carboxylic acids is 1. The predicted octanol–water partition coefficient (Wildman–Crippen LogP) is 2.63. The first kappa shape index (κ1) is 15.7. The quantitative estimate of drug-likeness (QED) is 0.776. The first-order valence-electron chi connectivity index (χ1n) is 7.33. The van der Waals surface area contributed by atoms with E-state index in [0.29, 0.717) is 11.6 Å². The van der Waals surface area contributed by atoms with Crippen LogP contribution in [0, 0.1) is 6.92 Å². The average molecular weight is 324 g/mol. The molecule has 0 aliphatic rings. The highest BCUT2D eigenvalue weighted by Gasteiger charge is 2.13. The van der Waals surface area contributed by atoms with Gasteiger partial charge in [0.15, 0.2) is 0 Å². The summed E-state index contributed by atoms with van der Waals surface area (Å²) in [7, 11) is 1.60. The first-order chi connectivity index (χ1) is 11.6. The van der Waals surface area contributed by atoms with E-state index in [9.17, 15) is 4.79 Å². The zero-order valence-corrected chi connectivity index (χ0v) is 13.3. The minimum atomic E-state index is -0.267. The summed E-state index contributed by atoms with van der Waals surface area (Å²) in [6, 6.07) is 10.9. The standard InChI is InChI=1S/C17H16N4O3/c1-11-3-8-14(18-10-11)19-15(22)9-16-20-17(21-24-16)12-4-6-13(23-2)7-5-12/h3-8,10H,9H2,1-2H3,(H,18,19,22). The monoisotopic (exact) mass is 324 g/mol. The molecule has 0 aliphatic carbocycles. The molecule has 0 aliphatic heterocycles. The molecular formula is C17H16N4O3. The number of nitrogens with zero attached hydrogens (tertiary/aromatic N) is 3. The van der Waals surface area contributed by atoms with Crippen LogP contribution in [0.4, 0.5) is 5.82 Å². The SMILES string of the molecule is COc1ccc(-c2noc(CC(=O)Nc3ccc(C)cn3)n2)cc1. The van der Waals surface area contributed by atoms with E-state index in [4.69, 9.17) is 9.26 Å². The fraction of sp³-hybridized carbons (Fsp3) is 0.176. The van der Waals surface area contributed by atoms with E-state index in [1.54, 1.807) is 31.5 Å². The summed E-state index contributed by atoms with van der Waals surface area (Å²) >= 11 is 0. The summed E-state index contributed by atoms with van der Waals surface area (Å²) in [6.07, 6.45) is 1.67. The highest BCUT2D eigenvalue weighted by atomic mass is 16.5. The highest BCUT2D eigenvalue weighted by molar-refractivity contribution is 5.90. The molecule has 0 spiro atoms. The minimum Gasteiger partial charge on any atom is -0.497 e. The van der Waals surface area contributed by atoms with Gasteiger partial charge in [0.25, 0.3) is 0 Å². The van der Waals surface area contributed by atoms with Crippen LogP contribution in [0.15, 0.2) is 47.1 Å². The second kappa shape index (κ2) is 6.91. The van der Waals surface area contributed by atoms with Crippen LogP contribution in [-0.4, -0.2) is 28.1 Å². The van der Waals surface area contributed by atoms with Crippen molar-refractivity contribution in [2.75, 3.05) is 12.4 Å². The number of hydrogen-bond donors (Lipinski definition) is 1. The number of aromatic nitrogens is 3. The van der Waals surface area contributed by atoms with Crippen LogP contribution in [0.1, 0.15) is 11.5 Å². The maximum Gasteiger partial charge on any atom is 0.236 e. The molecule has 7 nitrogen and oxygen atoms in total. The molecule has 1 N–H and O–H groups in total. The lowest BCUT2D eigenvalue weighted by molar-refractivity contribution is -0.115. The number of carbonyl (C=O) groups is 1. The second-order valence-corrected chi connectivity index (χ2v) is 5.19. The van der Waals surface area contributed by atoms with E-state index in [1.807, 2.05) is 25.1 Å². The number of hydrogen-bond acceptors (Lipinski definition) is 6. The Bertz CT molecular complexity index is 826. The van der Waals surface area contributed by atoms with Crippen LogP contribution in [0.3, 0.4) is 0 Å². The van der Waals surface area contributed by atoms with Crippen molar-refractivity contribution in [1.29, 1.82) is 0 Å². The molecule has 2 aromatic heterocycles.